The van der Waals surface area contributed by atoms with Crippen molar-refractivity contribution in [2.45, 2.75) is 6.42 Å². The van der Waals surface area contributed by atoms with Gasteiger partial charge < -0.3 is 19.2 Å². The summed E-state index contributed by atoms with van der Waals surface area (Å²) >= 11 is 0. The fraction of sp³-hybridized carbons (Fsp3) is 0.235. The van der Waals surface area contributed by atoms with Gasteiger partial charge in [0.25, 0.3) is 0 Å². The summed E-state index contributed by atoms with van der Waals surface area (Å²) in [6.45, 7) is 0.680. The molecule has 0 aliphatic carbocycles. The molecule has 1 aromatic carbocycles. The van der Waals surface area contributed by atoms with E-state index in [9.17, 15) is 4.79 Å². The summed E-state index contributed by atoms with van der Waals surface area (Å²) < 4.78 is 15.8. The van der Waals surface area contributed by atoms with Gasteiger partial charge in [0.2, 0.25) is 5.95 Å². The molecule has 0 saturated heterocycles. The van der Waals surface area contributed by atoms with Crippen molar-refractivity contribution >= 4 is 22.9 Å². The smallest absolute Gasteiger partial charge is 0.310 e. The maximum atomic E-state index is 11.9. The van der Waals surface area contributed by atoms with Gasteiger partial charge in [-0.2, -0.15) is 0 Å². The minimum absolute atomic E-state index is 0.154. The Labute approximate surface area is 138 Å². The van der Waals surface area contributed by atoms with Crippen LogP contribution in [0.3, 0.4) is 0 Å². The van der Waals surface area contributed by atoms with Gasteiger partial charge in [0.05, 0.1) is 26.3 Å². The molecular formula is C17H17N3O4. The Bertz CT molecular complexity index is 817. The maximum absolute atomic E-state index is 11.9. The van der Waals surface area contributed by atoms with Crippen LogP contribution in [0.15, 0.2) is 47.3 Å². The summed E-state index contributed by atoms with van der Waals surface area (Å²) in [5.41, 5.74) is 1.47. The minimum Gasteiger partial charge on any atom is -0.497 e. The molecule has 24 heavy (non-hydrogen) atoms. The van der Waals surface area contributed by atoms with E-state index in [0.29, 0.717) is 23.8 Å². The van der Waals surface area contributed by atoms with Crippen LogP contribution < -0.4 is 10.1 Å². The van der Waals surface area contributed by atoms with Gasteiger partial charge in [0.15, 0.2) is 0 Å². The highest BCUT2D eigenvalue weighted by atomic mass is 16.5. The minimum atomic E-state index is -0.315. The van der Waals surface area contributed by atoms with Crippen LogP contribution in [0.25, 0.3) is 11.0 Å². The lowest BCUT2D eigenvalue weighted by molar-refractivity contribution is -0.142. The van der Waals surface area contributed by atoms with Crippen LogP contribution in [0.2, 0.25) is 0 Å². The Balaban J connectivity index is 1.50. The van der Waals surface area contributed by atoms with E-state index in [1.807, 2.05) is 12.1 Å². The monoisotopic (exact) mass is 327 g/mol. The summed E-state index contributed by atoms with van der Waals surface area (Å²) in [6.07, 6.45) is 5.00. The maximum Gasteiger partial charge on any atom is 0.310 e. The third kappa shape index (κ3) is 3.81. The lowest BCUT2D eigenvalue weighted by Gasteiger charge is -2.06. The van der Waals surface area contributed by atoms with Crippen molar-refractivity contribution in [1.82, 2.24) is 9.97 Å². The largest absolute Gasteiger partial charge is 0.497 e. The summed E-state index contributed by atoms with van der Waals surface area (Å²) in [4.78, 5) is 20.0. The van der Waals surface area contributed by atoms with Crippen molar-refractivity contribution in [1.29, 1.82) is 0 Å². The van der Waals surface area contributed by atoms with E-state index in [2.05, 4.69) is 15.3 Å². The van der Waals surface area contributed by atoms with E-state index >= 15 is 0 Å². The summed E-state index contributed by atoms with van der Waals surface area (Å²) in [7, 11) is 1.59. The molecular weight excluding hydrogens is 310 g/mol. The second kappa shape index (κ2) is 7.45. The first-order valence-corrected chi connectivity index (χ1v) is 7.47. The van der Waals surface area contributed by atoms with Gasteiger partial charge in [-0.3, -0.25) is 4.79 Å². The van der Waals surface area contributed by atoms with E-state index < -0.39 is 0 Å². The molecule has 0 bridgehead atoms. The summed E-state index contributed by atoms with van der Waals surface area (Å²) in [6, 6.07) is 7.22. The highest BCUT2D eigenvalue weighted by molar-refractivity contribution is 5.86. The molecule has 0 aliphatic rings. The number of nitrogens with one attached hydrogen (secondary N) is 1. The van der Waals surface area contributed by atoms with Crippen LogP contribution in [-0.4, -0.2) is 36.2 Å². The number of benzene rings is 1. The zero-order chi connectivity index (χ0) is 16.8. The lowest BCUT2D eigenvalue weighted by atomic mass is 10.1. The number of furan rings is 1. The van der Waals surface area contributed by atoms with Gasteiger partial charge in [0.1, 0.15) is 17.9 Å². The zero-order valence-electron chi connectivity index (χ0n) is 13.2. The van der Waals surface area contributed by atoms with Crippen LogP contribution >= 0.6 is 0 Å². The molecule has 3 aromatic rings. The average molecular weight is 327 g/mol. The number of fused-ring (bicyclic) bond motifs is 1. The first-order chi connectivity index (χ1) is 11.8. The number of anilines is 1. The first-order valence-electron chi connectivity index (χ1n) is 7.47. The standard InChI is InChI=1S/C17H17N3O4/c1-22-13-3-4-14-12(11-24-15(14)10-13)9-16(21)23-8-7-20-17-18-5-2-6-19-17/h2-6,10-11H,7-9H2,1H3,(H,18,19,20). The fourth-order valence-corrected chi connectivity index (χ4v) is 2.25. The average Bonchev–Trinajstić information content (AvgIpc) is 3.01. The van der Waals surface area contributed by atoms with E-state index in [-0.39, 0.29) is 19.0 Å². The Hall–Kier alpha value is -3.09. The molecule has 1 N–H and O–H groups in total. The summed E-state index contributed by atoms with van der Waals surface area (Å²) in [5, 5.41) is 3.85. The number of aromatic nitrogens is 2. The zero-order valence-corrected chi connectivity index (χ0v) is 13.2. The molecule has 0 unspecified atom stereocenters. The number of esters is 1. The molecule has 0 aliphatic heterocycles. The van der Waals surface area contributed by atoms with E-state index in [0.717, 1.165) is 10.9 Å². The molecule has 0 fully saturated rings. The molecule has 7 heteroatoms. The number of carbonyl (C=O) groups excluding carboxylic acids is 1. The number of carbonyl (C=O) groups is 1. The van der Waals surface area contributed by atoms with Crippen LogP contribution in [0.4, 0.5) is 5.95 Å². The Morgan fingerprint density at radius 1 is 1.29 bits per heavy atom. The van der Waals surface area contributed by atoms with Gasteiger partial charge in [0, 0.05) is 29.4 Å². The molecule has 0 radical (unpaired) electrons. The number of hydrogen-bond acceptors (Lipinski definition) is 7. The quantitative estimate of drug-likeness (QED) is 0.527. The van der Waals surface area contributed by atoms with Crippen molar-refractivity contribution in [3.8, 4) is 5.75 Å². The highest BCUT2D eigenvalue weighted by Gasteiger charge is 2.12. The van der Waals surface area contributed by atoms with Crippen molar-refractivity contribution in [3.63, 3.8) is 0 Å². The second-order valence-corrected chi connectivity index (χ2v) is 5.02. The van der Waals surface area contributed by atoms with E-state index in [1.165, 1.54) is 0 Å². The molecule has 2 aromatic heterocycles. The predicted octanol–water partition coefficient (Wildman–Crippen LogP) is 2.43. The second-order valence-electron chi connectivity index (χ2n) is 5.02. The molecule has 2 heterocycles. The lowest BCUT2D eigenvalue weighted by Crippen LogP contribution is -2.16. The molecule has 0 amide bonds. The molecule has 0 saturated carbocycles. The van der Waals surface area contributed by atoms with Gasteiger partial charge in [-0.05, 0) is 18.2 Å². The van der Waals surface area contributed by atoms with E-state index in [1.54, 1.807) is 37.9 Å². The third-order valence-electron chi connectivity index (χ3n) is 3.41. The third-order valence-corrected chi connectivity index (χ3v) is 3.41. The van der Waals surface area contributed by atoms with Gasteiger partial charge in [-0.1, -0.05) is 0 Å². The summed E-state index contributed by atoms with van der Waals surface area (Å²) in [5.74, 6) is 0.896. The molecule has 0 spiro atoms. The van der Waals surface area contributed by atoms with Gasteiger partial charge in [-0.25, -0.2) is 9.97 Å². The topological polar surface area (TPSA) is 86.5 Å². The molecule has 3 rings (SSSR count). The van der Waals surface area contributed by atoms with Crippen LogP contribution in [0.5, 0.6) is 5.75 Å². The van der Waals surface area contributed by atoms with Crippen molar-refractivity contribution in [2.24, 2.45) is 0 Å². The van der Waals surface area contributed by atoms with Crippen molar-refractivity contribution in [3.05, 3.63) is 48.5 Å². The molecule has 0 atom stereocenters. The van der Waals surface area contributed by atoms with Gasteiger partial charge in [-0.15, -0.1) is 0 Å². The number of ether oxygens (including phenoxy) is 2. The Morgan fingerprint density at radius 2 is 2.12 bits per heavy atom. The number of nitrogens with zero attached hydrogens (tertiary/aromatic N) is 2. The molecule has 7 nitrogen and oxygen atoms in total. The molecule has 124 valence electrons. The number of hydrogen-bond donors (Lipinski definition) is 1. The number of rotatable bonds is 7. The first kappa shape index (κ1) is 15.8. The normalized spacial score (nSPS) is 10.5. The van der Waals surface area contributed by atoms with Crippen LogP contribution in [0, 0.1) is 0 Å². The van der Waals surface area contributed by atoms with E-state index in [4.69, 9.17) is 13.9 Å². The van der Waals surface area contributed by atoms with Gasteiger partial charge >= 0.3 is 5.97 Å². The Kier molecular flexibility index (Phi) is 4.90. The van der Waals surface area contributed by atoms with Crippen LogP contribution in [0.1, 0.15) is 5.56 Å². The van der Waals surface area contributed by atoms with Crippen LogP contribution in [-0.2, 0) is 16.0 Å². The fourth-order valence-electron chi connectivity index (χ4n) is 2.25. The number of methoxy groups -OCH3 is 1. The van der Waals surface area contributed by atoms with Crippen molar-refractivity contribution in [2.75, 3.05) is 25.6 Å². The van der Waals surface area contributed by atoms with Crippen molar-refractivity contribution < 1.29 is 18.7 Å². The highest BCUT2D eigenvalue weighted by Crippen LogP contribution is 2.25. The Morgan fingerprint density at radius 3 is 2.92 bits per heavy atom. The SMILES string of the molecule is COc1ccc2c(CC(=O)OCCNc3ncccn3)coc2c1. The predicted molar refractivity (Wildman–Crippen MR) is 88.0 cm³/mol.